The summed E-state index contributed by atoms with van der Waals surface area (Å²) in [5.74, 6) is -1.90. The van der Waals surface area contributed by atoms with E-state index in [4.69, 9.17) is 23.7 Å². The molecule has 0 amide bonds. The average Bonchev–Trinajstić information content (AvgIpc) is 2.72. The van der Waals surface area contributed by atoms with Gasteiger partial charge in [-0.1, -0.05) is 6.92 Å². The maximum absolute atomic E-state index is 12.4. The van der Waals surface area contributed by atoms with E-state index in [1.165, 1.54) is 7.11 Å². The Balaban J connectivity index is 2.48. The van der Waals surface area contributed by atoms with Crippen LogP contribution in [0, 0.1) is 5.92 Å². The van der Waals surface area contributed by atoms with Gasteiger partial charge < -0.3 is 33.4 Å². The van der Waals surface area contributed by atoms with Crippen molar-refractivity contribution in [1.29, 1.82) is 0 Å². The maximum atomic E-state index is 12.4. The molecule has 0 N–H and O–H groups in total. The van der Waals surface area contributed by atoms with Gasteiger partial charge in [0.1, 0.15) is 23.1 Å². The molecule has 2 aliphatic heterocycles. The number of aldehydes is 1. The maximum Gasteiger partial charge on any atom is 0.340 e. The van der Waals surface area contributed by atoms with Gasteiger partial charge in [0, 0.05) is 32.9 Å². The zero-order valence-corrected chi connectivity index (χ0v) is 21.3. The van der Waals surface area contributed by atoms with Crippen LogP contribution in [-0.4, -0.2) is 79.9 Å². The largest absolute Gasteiger partial charge is 0.456 e. The molecule has 182 valence electrons. The normalized spacial score (nSPS) is 32.1. The number of nitrogens with zero attached hydrogens (tertiary/aromatic N) is 1. The van der Waals surface area contributed by atoms with Crippen LogP contribution in [0.3, 0.4) is 0 Å². The number of esters is 1. The van der Waals surface area contributed by atoms with E-state index < -0.39 is 41.3 Å². The molecule has 0 aromatic heterocycles. The number of carbonyl (C=O) groups is 2. The Labute approximate surface area is 191 Å². The molecule has 0 radical (unpaired) electrons. The molecular weight excluding hydrogens is 437 g/mol. The summed E-state index contributed by atoms with van der Waals surface area (Å²) < 4.78 is 41.4. The van der Waals surface area contributed by atoms with E-state index in [0.29, 0.717) is 18.5 Å². The molecule has 1 fully saturated rings. The molecule has 1 saturated heterocycles. The molecule has 0 bridgehead atoms. The Morgan fingerprint density at radius 3 is 2.44 bits per heavy atom. The molecule has 9 nitrogen and oxygen atoms in total. The molecule has 0 spiro atoms. The highest BCUT2D eigenvalue weighted by molar-refractivity contribution is 7.24. The van der Waals surface area contributed by atoms with Gasteiger partial charge in [0.05, 0.1) is 11.7 Å². The van der Waals surface area contributed by atoms with E-state index >= 15 is 0 Å². The fraction of sp³-hybridized carbons (Fsp3) is 0.818. The van der Waals surface area contributed by atoms with E-state index in [1.54, 1.807) is 34.6 Å². The van der Waals surface area contributed by atoms with Gasteiger partial charge >= 0.3 is 5.97 Å². The van der Waals surface area contributed by atoms with Gasteiger partial charge in [-0.3, -0.25) is 4.57 Å². The average molecular weight is 474 g/mol. The Morgan fingerprint density at radius 1 is 1.31 bits per heavy atom. The lowest BCUT2D eigenvalue weighted by Crippen LogP contribution is -2.57. The Bertz CT molecular complexity index is 754. The summed E-state index contributed by atoms with van der Waals surface area (Å²) >= 11 is 0. The summed E-state index contributed by atoms with van der Waals surface area (Å²) in [6, 6.07) is -0.0512. The van der Waals surface area contributed by atoms with E-state index in [-0.39, 0.29) is 26.2 Å². The van der Waals surface area contributed by atoms with Crippen molar-refractivity contribution < 1.29 is 37.8 Å². The Kier molecular flexibility index (Phi) is 8.62. The number of rotatable bonds is 9. The Hall–Kier alpha value is -1.38. The minimum atomic E-state index is -1.39. The number of hydrogen-bond donors (Lipinski definition) is 0. The zero-order valence-electron chi connectivity index (χ0n) is 20.4. The van der Waals surface area contributed by atoms with Crippen LogP contribution in [-0.2, 0) is 37.8 Å². The Morgan fingerprint density at radius 2 is 1.94 bits per heavy atom. The second-order valence-corrected chi connectivity index (χ2v) is 10.2. The summed E-state index contributed by atoms with van der Waals surface area (Å²) in [4.78, 5) is 26.5. The van der Waals surface area contributed by atoms with Crippen molar-refractivity contribution in [2.24, 2.45) is 5.92 Å². The van der Waals surface area contributed by atoms with E-state index in [1.807, 2.05) is 25.9 Å². The van der Waals surface area contributed by atoms with Crippen LogP contribution in [0.25, 0.3) is 0 Å². The number of ether oxygens (including phenoxy) is 5. The molecule has 0 saturated carbocycles. The van der Waals surface area contributed by atoms with Crippen molar-refractivity contribution >= 4 is 20.7 Å². The first kappa shape index (κ1) is 26.9. The highest BCUT2D eigenvalue weighted by Gasteiger charge is 2.49. The molecule has 0 aliphatic carbocycles. The molecule has 7 atom stereocenters. The number of cyclic esters (lactones) is 1. The highest BCUT2D eigenvalue weighted by Crippen LogP contribution is 2.39. The molecule has 32 heavy (non-hydrogen) atoms. The minimum Gasteiger partial charge on any atom is -0.456 e. The van der Waals surface area contributed by atoms with Crippen LogP contribution in [0.15, 0.2) is 11.3 Å². The van der Waals surface area contributed by atoms with Crippen molar-refractivity contribution in [1.82, 2.24) is 4.90 Å². The van der Waals surface area contributed by atoms with Crippen LogP contribution in [0.5, 0.6) is 0 Å². The summed E-state index contributed by atoms with van der Waals surface area (Å²) in [6.07, 6.45) is -0.561. The zero-order chi connectivity index (χ0) is 24.4. The third-order valence-electron chi connectivity index (χ3n) is 6.16. The molecule has 0 aromatic rings. The molecule has 2 aliphatic rings. The van der Waals surface area contributed by atoms with Gasteiger partial charge in [-0.2, -0.15) is 0 Å². The molecule has 2 heterocycles. The lowest BCUT2D eigenvalue weighted by atomic mass is 9.86. The smallest absolute Gasteiger partial charge is 0.340 e. The van der Waals surface area contributed by atoms with Crippen LogP contribution in [0.2, 0.25) is 0 Å². The second-order valence-electron chi connectivity index (χ2n) is 9.41. The van der Waals surface area contributed by atoms with Gasteiger partial charge in [-0.05, 0) is 41.3 Å². The predicted molar refractivity (Wildman–Crippen MR) is 117 cm³/mol. The van der Waals surface area contributed by atoms with Crippen LogP contribution < -0.4 is 0 Å². The fourth-order valence-corrected chi connectivity index (χ4v) is 5.00. The van der Waals surface area contributed by atoms with Gasteiger partial charge in [0.15, 0.2) is 21.0 Å². The first-order valence-electron chi connectivity index (χ1n) is 10.7. The van der Waals surface area contributed by atoms with E-state index in [2.05, 4.69) is 0 Å². The van der Waals surface area contributed by atoms with E-state index in [9.17, 15) is 14.2 Å². The highest BCUT2D eigenvalue weighted by atomic mass is 31.1. The summed E-state index contributed by atoms with van der Waals surface area (Å²) in [6.45, 7) is 10.2. The molecule has 10 heteroatoms. The fourth-order valence-electron chi connectivity index (χ4n) is 4.23. The quantitative estimate of drug-likeness (QED) is 0.284. The van der Waals surface area contributed by atoms with Crippen LogP contribution >= 0.6 is 8.46 Å². The van der Waals surface area contributed by atoms with Crippen molar-refractivity contribution in [3.05, 3.63) is 11.3 Å². The second kappa shape index (κ2) is 10.3. The SMILES string of the molecule is CO[C@](C)(C=O)[C@H](O[C@@H]1O[C@H](C)CC(N(C)C)[C@H]1P=O)[C@@H](C)C1=C(C)C(=O)OC(C)(C)O1. The summed E-state index contributed by atoms with van der Waals surface area (Å²) in [5, 5.41) is 0. The van der Waals surface area contributed by atoms with Gasteiger partial charge in [0.25, 0.3) is 0 Å². The third-order valence-corrected chi connectivity index (χ3v) is 6.99. The third kappa shape index (κ3) is 5.57. The first-order valence-corrected chi connectivity index (χ1v) is 11.6. The van der Waals surface area contributed by atoms with Crippen molar-refractivity contribution in [3.63, 3.8) is 0 Å². The van der Waals surface area contributed by atoms with Gasteiger partial charge in [0.2, 0.25) is 5.79 Å². The summed E-state index contributed by atoms with van der Waals surface area (Å²) in [7, 11) is 5.12. The predicted octanol–water partition coefficient (Wildman–Crippen LogP) is 2.92. The topological polar surface area (TPSA) is 101 Å². The lowest BCUT2D eigenvalue weighted by Gasteiger charge is -2.45. The summed E-state index contributed by atoms with van der Waals surface area (Å²) in [5.41, 5.74) is -1.58. The molecule has 1 unspecified atom stereocenters. The van der Waals surface area contributed by atoms with Gasteiger partial charge in [-0.25, -0.2) is 4.79 Å². The monoisotopic (exact) mass is 473 g/mol. The number of carbonyl (C=O) groups excluding carboxylic acids is 2. The van der Waals surface area contributed by atoms with Crippen LogP contribution in [0.1, 0.15) is 48.0 Å². The number of hydrogen-bond acceptors (Lipinski definition) is 9. The molecule has 2 rings (SSSR count). The van der Waals surface area contributed by atoms with Gasteiger partial charge in [-0.15, -0.1) is 0 Å². The lowest BCUT2D eigenvalue weighted by molar-refractivity contribution is -0.258. The van der Waals surface area contributed by atoms with Crippen molar-refractivity contribution in [3.8, 4) is 0 Å². The molecule has 0 aromatic carbocycles. The van der Waals surface area contributed by atoms with Crippen molar-refractivity contribution in [2.45, 2.75) is 89.6 Å². The number of methoxy groups -OCH3 is 1. The van der Waals surface area contributed by atoms with Crippen molar-refractivity contribution in [2.75, 3.05) is 21.2 Å². The minimum absolute atomic E-state index is 0.0512. The standard InChI is InChI=1S/C22H36NO8P/c1-12-10-15(23(7)8)17(32-26)20(28-12)29-18(22(6,11-24)27-9)13(2)16-14(3)19(25)31-21(4,5)30-16/h11-13,15,17-18,20H,10H2,1-9H3/t12-,13+,15?,17-,18-,20+,22-/m1/s1. The molecular formula is C22H36NO8P. The van der Waals surface area contributed by atoms with E-state index in [0.717, 1.165) is 0 Å². The van der Waals surface area contributed by atoms with Crippen LogP contribution in [0.4, 0.5) is 0 Å². The first-order chi connectivity index (χ1) is 14.8.